The third kappa shape index (κ3) is 3.39. The Balaban J connectivity index is 2.04. The summed E-state index contributed by atoms with van der Waals surface area (Å²) in [6, 6.07) is 11.6. The summed E-state index contributed by atoms with van der Waals surface area (Å²) in [4.78, 5) is 22.9. The second-order valence-corrected chi connectivity index (χ2v) is 4.70. The molecule has 108 valence electrons. The Morgan fingerprint density at radius 3 is 2.43 bits per heavy atom. The summed E-state index contributed by atoms with van der Waals surface area (Å²) in [6.07, 6.45) is 0. The molecule has 0 fully saturated rings. The number of hydrogen-bond acceptors (Lipinski definition) is 3. The molecule has 4 N–H and O–H groups in total. The van der Waals surface area contributed by atoms with Gasteiger partial charge in [0.2, 0.25) is 0 Å². The van der Waals surface area contributed by atoms with Gasteiger partial charge < -0.3 is 16.2 Å². The van der Waals surface area contributed by atoms with Gasteiger partial charge in [0, 0.05) is 17.8 Å². The Bertz CT molecular complexity index is 678. The summed E-state index contributed by atoms with van der Waals surface area (Å²) in [5.41, 5.74) is 8.69. The van der Waals surface area contributed by atoms with Crippen LogP contribution in [-0.2, 0) is 6.54 Å². The molecule has 0 radical (unpaired) electrons. The van der Waals surface area contributed by atoms with E-state index in [0.29, 0.717) is 17.8 Å². The van der Waals surface area contributed by atoms with Crippen molar-refractivity contribution in [3.63, 3.8) is 0 Å². The van der Waals surface area contributed by atoms with E-state index in [0.717, 1.165) is 11.1 Å². The molecule has 0 aliphatic heterocycles. The molecule has 2 aromatic rings. The van der Waals surface area contributed by atoms with Crippen LogP contribution in [0, 0.1) is 6.92 Å². The molecule has 0 aliphatic carbocycles. The highest BCUT2D eigenvalue weighted by Gasteiger charge is 2.10. The van der Waals surface area contributed by atoms with Crippen molar-refractivity contribution in [3.8, 4) is 0 Å². The number of benzene rings is 2. The van der Waals surface area contributed by atoms with Crippen LogP contribution in [0.25, 0.3) is 0 Å². The number of hydrogen-bond donors (Lipinski definition) is 3. The van der Waals surface area contributed by atoms with E-state index in [1.165, 1.54) is 12.1 Å². The summed E-state index contributed by atoms with van der Waals surface area (Å²) in [5, 5.41) is 11.6. The van der Waals surface area contributed by atoms with E-state index in [1.807, 2.05) is 0 Å². The monoisotopic (exact) mass is 284 g/mol. The number of carbonyl (C=O) groups is 2. The van der Waals surface area contributed by atoms with Crippen LogP contribution in [0.2, 0.25) is 0 Å². The van der Waals surface area contributed by atoms with Crippen LogP contribution >= 0.6 is 0 Å². The number of carboxylic acids is 1. The molecule has 5 nitrogen and oxygen atoms in total. The molecule has 0 aliphatic rings. The normalized spacial score (nSPS) is 10.1. The van der Waals surface area contributed by atoms with Gasteiger partial charge in [-0.3, -0.25) is 4.79 Å². The molecule has 0 heterocycles. The number of aromatic carboxylic acids is 1. The minimum Gasteiger partial charge on any atom is -0.478 e. The van der Waals surface area contributed by atoms with Gasteiger partial charge in [-0.15, -0.1) is 0 Å². The lowest BCUT2D eigenvalue weighted by Crippen LogP contribution is -2.23. The Morgan fingerprint density at radius 2 is 1.81 bits per heavy atom. The standard InChI is InChI=1S/C16H16N2O3/c1-10-13(3-2-4-14(10)17)15(19)18-9-11-5-7-12(8-6-11)16(20)21/h2-8H,9,17H2,1H3,(H,18,19)(H,20,21). The van der Waals surface area contributed by atoms with Gasteiger partial charge >= 0.3 is 5.97 Å². The molecule has 0 unspecified atom stereocenters. The van der Waals surface area contributed by atoms with Crippen molar-refractivity contribution < 1.29 is 14.7 Å². The highest BCUT2D eigenvalue weighted by atomic mass is 16.4. The first-order valence-electron chi connectivity index (χ1n) is 6.44. The van der Waals surface area contributed by atoms with Gasteiger partial charge in [-0.25, -0.2) is 4.79 Å². The number of carboxylic acid groups (broad SMARTS) is 1. The fourth-order valence-electron chi connectivity index (χ4n) is 1.94. The van der Waals surface area contributed by atoms with Crippen molar-refractivity contribution in [2.24, 2.45) is 0 Å². The number of nitrogens with one attached hydrogen (secondary N) is 1. The molecular weight excluding hydrogens is 268 g/mol. The van der Waals surface area contributed by atoms with Crippen LogP contribution in [0.4, 0.5) is 5.69 Å². The third-order valence-corrected chi connectivity index (χ3v) is 3.27. The number of rotatable bonds is 4. The molecule has 1 amide bonds. The smallest absolute Gasteiger partial charge is 0.335 e. The SMILES string of the molecule is Cc1c(N)cccc1C(=O)NCc1ccc(C(=O)O)cc1. The second-order valence-electron chi connectivity index (χ2n) is 4.70. The molecule has 21 heavy (non-hydrogen) atoms. The summed E-state index contributed by atoms with van der Waals surface area (Å²) in [6.45, 7) is 2.12. The molecule has 0 saturated carbocycles. The summed E-state index contributed by atoms with van der Waals surface area (Å²) in [7, 11) is 0. The molecule has 0 spiro atoms. The topological polar surface area (TPSA) is 92.4 Å². The van der Waals surface area contributed by atoms with E-state index in [9.17, 15) is 9.59 Å². The van der Waals surface area contributed by atoms with Crippen molar-refractivity contribution >= 4 is 17.6 Å². The number of anilines is 1. The van der Waals surface area contributed by atoms with E-state index in [-0.39, 0.29) is 11.5 Å². The fourth-order valence-corrected chi connectivity index (χ4v) is 1.94. The number of carbonyl (C=O) groups excluding carboxylic acids is 1. The average molecular weight is 284 g/mol. The van der Waals surface area contributed by atoms with Gasteiger partial charge in [0.05, 0.1) is 5.56 Å². The Kier molecular flexibility index (Phi) is 4.23. The fraction of sp³-hybridized carbons (Fsp3) is 0.125. The Hall–Kier alpha value is -2.82. The Morgan fingerprint density at radius 1 is 1.14 bits per heavy atom. The summed E-state index contributed by atoms with van der Waals surface area (Å²) >= 11 is 0. The van der Waals surface area contributed by atoms with Crippen LogP contribution in [-0.4, -0.2) is 17.0 Å². The second kappa shape index (κ2) is 6.09. The quantitative estimate of drug-likeness (QED) is 0.750. The lowest BCUT2D eigenvalue weighted by molar-refractivity contribution is 0.0696. The van der Waals surface area contributed by atoms with Crippen LogP contribution in [0.15, 0.2) is 42.5 Å². The van der Waals surface area contributed by atoms with Crippen molar-refractivity contribution in [3.05, 3.63) is 64.7 Å². The predicted molar refractivity (Wildman–Crippen MR) is 80.2 cm³/mol. The molecule has 5 heteroatoms. The van der Waals surface area contributed by atoms with E-state index in [2.05, 4.69) is 5.32 Å². The van der Waals surface area contributed by atoms with Gasteiger partial charge in [0.25, 0.3) is 5.91 Å². The maximum absolute atomic E-state index is 12.1. The largest absolute Gasteiger partial charge is 0.478 e. The lowest BCUT2D eigenvalue weighted by Gasteiger charge is -2.09. The van der Waals surface area contributed by atoms with Gasteiger partial charge in [-0.2, -0.15) is 0 Å². The average Bonchev–Trinajstić information content (AvgIpc) is 2.48. The molecular formula is C16H16N2O3. The molecule has 0 aromatic heterocycles. The van der Waals surface area contributed by atoms with Crippen molar-refractivity contribution in [2.75, 3.05) is 5.73 Å². The first-order valence-corrected chi connectivity index (χ1v) is 6.44. The van der Waals surface area contributed by atoms with E-state index in [1.54, 1.807) is 37.3 Å². The van der Waals surface area contributed by atoms with Gasteiger partial charge in [0.15, 0.2) is 0 Å². The highest BCUT2D eigenvalue weighted by molar-refractivity contribution is 5.96. The molecule has 0 bridgehead atoms. The lowest BCUT2D eigenvalue weighted by atomic mass is 10.1. The van der Waals surface area contributed by atoms with Crippen LogP contribution in [0.3, 0.4) is 0 Å². The molecule has 2 aromatic carbocycles. The first-order chi connectivity index (χ1) is 9.99. The number of nitrogens with two attached hydrogens (primary N) is 1. The van der Waals surface area contributed by atoms with Crippen molar-refractivity contribution in [1.82, 2.24) is 5.32 Å². The van der Waals surface area contributed by atoms with Crippen molar-refractivity contribution in [2.45, 2.75) is 13.5 Å². The zero-order valence-electron chi connectivity index (χ0n) is 11.6. The summed E-state index contributed by atoms with van der Waals surface area (Å²) in [5.74, 6) is -1.18. The number of nitrogen functional groups attached to an aromatic ring is 1. The van der Waals surface area contributed by atoms with Crippen LogP contribution in [0.5, 0.6) is 0 Å². The molecule has 0 atom stereocenters. The number of amides is 1. The highest BCUT2D eigenvalue weighted by Crippen LogP contribution is 2.15. The maximum Gasteiger partial charge on any atom is 0.335 e. The van der Waals surface area contributed by atoms with Gasteiger partial charge in [-0.05, 0) is 42.3 Å². The van der Waals surface area contributed by atoms with Crippen LogP contribution < -0.4 is 11.1 Å². The molecule has 0 saturated heterocycles. The van der Waals surface area contributed by atoms with Gasteiger partial charge in [-0.1, -0.05) is 18.2 Å². The van der Waals surface area contributed by atoms with Gasteiger partial charge in [0.1, 0.15) is 0 Å². The predicted octanol–water partition coefficient (Wildman–Crippen LogP) is 2.21. The minimum absolute atomic E-state index is 0.206. The Labute approximate surface area is 122 Å². The zero-order valence-corrected chi connectivity index (χ0v) is 11.6. The maximum atomic E-state index is 12.1. The van der Waals surface area contributed by atoms with E-state index >= 15 is 0 Å². The minimum atomic E-state index is -0.971. The van der Waals surface area contributed by atoms with E-state index < -0.39 is 5.97 Å². The van der Waals surface area contributed by atoms with Crippen molar-refractivity contribution in [1.29, 1.82) is 0 Å². The van der Waals surface area contributed by atoms with E-state index in [4.69, 9.17) is 10.8 Å². The zero-order chi connectivity index (χ0) is 15.4. The van der Waals surface area contributed by atoms with Crippen LogP contribution in [0.1, 0.15) is 31.8 Å². The first kappa shape index (κ1) is 14.6. The molecule has 2 rings (SSSR count). The third-order valence-electron chi connectivity index (χ3n) is 3.27. The summed E-state index contributed by atoms with van der Waals surface area (Å²) < 4.78 is 0.